The molecule has 3 nitrogen and oxygen atoms in total. The molecule has 0 aromatic carbocycles. The zero-order chi connectivity index (χ0) is 8.27. The van der Waals surface area contributed by atoms with Crippen LogP contribution in [0, 0.1) is 5.92 Å². The van der Waals surface area contributed by atoms with Gasteiger partial charge in [-0.15, -0.1) is 0 Å². The highest BCUT2D eigenvalue weighted by atomic mass is 19.1. The van der Waals surface area contributed by atoms with E-state index in [1.807, 2.05) is 0 Å². The summed E-state index contributed by atoms with van der Waals surface area (Å²) in [6, 6.07) is 0. The molecule has 0 bridgehead atoms. The minimum atomic E-state index is -1.45. The van der Waals surface area contributed by atoms with Crippen LogP contribution < -0.4 is 11.1 Å². The SMILES string of the molecule is NC(=O)C(F)C1CCNCC1. The third kappa shape index (κ3) is 2.15. The molecular formula is C7H13FN2O. The molecule has 3 N–H and O–H groups in total. The average Bonchev–Trinajstić information content (AvgIpc) is 2.05. The standard InChI is InChI=1S/C7H13FN2O/c8-6(7(9)11)5-1-3-10-4-2-5/h5-6,10H,1-4H2,(H2,9,11). The van der Waals surface area contributed by atoms with Crippen LogP contribution in [0.3, 0.4) is 0 Å². The molecule has 0 aromatic rings. The van der Waals surface area contributed by atoms with Crippen molar-refractivity contribution in [3.05, 3.63) is 0 Å². The minimum absolute atomic E-state index is 0.159. The topological polar surface area (TPSA) is 55.1 Å². The first kappa shape index (κ1) is 8.46. The van der Waals surface area contributed by atoms with Crippen molar-refractivity contribution in [1.29, 1.82) is 0 Å². The van der Waals surface area contributed by atoms with E-state index in [-0.39, 0.29) is 5.92 Å². The van der Waals surface area contributed by atoms with E-state index in [4.69, 9.17) is 5.73 Å². The Labute approximate surface area is 65.1 Å². The summed E-state index contributed by atoms with van der Waals surface area (Å²) in [5.74, 6) is -0.981. The van der Waals surface area contributed by atoms with E-state index in [1.165, 1.54) is 0 Å². The van der Waals surface area contributed by atoms with Gasteiger partial charge in [-0.2, -0.15) is 0 Å². The van der Waals surface area contributed by atoms with Crippen LogP contribution in [0.2, 0.25) is 0 Å². The van der Waals surface area contributed by atoms with Crippen LogP contribution in [0.5, 0.6) is 0 Å². The Kier molecular flexibility index (Phi) is 2.82. The number of hydrogen-bond donors (Lipinski definition) is 2. The molecule has 0 radical (unpaired) electrons. The molecule has 0 aromatic heterocycles. The zero-order valence-corrected chi connectivity index (χ0v) is 6.35. The molecule has 1 amide bonds. The average molecular weight is 160 g/mol. The van der Waals surface area contributed by atoms with E-state index in [9.17, 15) is 9.18 Å². The smallest absolute Gasteiger partial charge is 0.252 e. The Bertz CT molecular complexity index is 145. The van der Waals surface area contributed by atoms with Gasteiger partial charge in [0.15, 0.2) is 6.17 Å². The van der Waals surface area contributed by atoms with Crippen LogP contribution in [-0.4, -0.2) is 25.2 Å². The number of nitrogens with one attached hydrogen (secondary N) is 1. The van der Waals surface area contributed by atoms with Crippen molar-refractivity contribution in [1.82, 2.24) is 5.32 Å². The number of hydrogen-bond acceptors (Lipinski definition) is 2. The lowest BCUT2D eigenvalue weighted by Gasteiger charge is -2.23. The molecule has 1 atom stereocenters. The maximum Gasteiger partial charge on any atom is 0.252 e. The van der Waals surface area contributed by atoms with Gasteiger partial charge in [0.1, 0.15) is 0 Å². The van der Waals surface area contributed by atoms with Crippen molar-refractivity contribution in [2.45, 2.75) is 19.0 Å². The van der Waals surface area contributed by atoms with Gasteiger partial charge in [0.25, 0.3) is 5.91 Å². The Morgan fingerprint density at radius 2 is 2.09 bits per heavy atom. The first-order chi connectivity index (χ1) is 5.22. The molecule has 11 heavy (non-hydrogen) atoms. The lowest BCUT2D eigenvalue weighted by molar-refractivity contribution is -0.124. The highest BCUT2D eigenvalue weighted by Crippen LogP contribution is 2.18. The predicted octanol–water partition coefficient (Wildman–Crippen LogP) is -0.191. The highest BCUT2D eigenvalue weighted by molar-refractivity contribution is 5.78. The van der Waals surface area contributed by atoms with Crippen LogP contribution in [0.25, 0.3) is 0 Å². The Hall–Kier alpha value is -0.640. The number of carbonyl (C=O) groups excluding carboxylic acids is 1. The van der Waals surface area contributed by atoms with Crippen molar-refractivity contribution in [3.8, 4) is 0 Å². The monoisotopic (exact) mass is 160 g/mol. The second-order valence-electron chi connectivity index (χ2n) is 2.89. The van der Waals surface area contributed by atoms with Gasteiger partial charge in [-0.05, 0) is 25.9 Å². The molecule has 0 aliphatic carbocycles. The van der Waals surface area contributed by atoms with E-state index >= 15 is 0 Å². The quantitative estimate of drug-likeness (QED) is 0.588. The van der Waals surface area contributed by atoms with Gasteiger partial charge in [-0.1, -0.05) is 0 Å². The van der Waals surface area contributed by atoms with Crippen molar-refractivity contribution in [2.24, 2.45) is 11.7 Å². The summed E-state index contributed by atoms with van der Waals surface area (Å²) in [7, 11) is 0. The maximum atomic E-state index is 12.9. The van der Waals surface area contributed by atoms with Crippen molar-refractivity contribution in [3.63, 3.8) is 0 Å². The molecule has 0 saturated carbocycles. The number of alkyl halides is 1. The summed E-state index contributed by atoms with van der Waals surface area (Å²) < 4.78 is 12.9. The zero-order valence-electron chi connectivity index (χ0n) is 6.35. The van der Waals surface area contributed by atoms with Gasteiger partial charge in [-0.25, -0.2) is 4.39 Å². The van der Waals surface area contributed by atoms with Crippen LogP contribution in [-0.2, 0) is 4.79 Å². The minimum Gasteiger partial charge on any atom is -0.367 e. The van der Waals surface area contributed by atoms with E-state index in [1.54, 1.807) is 0 Å². The predicted molar refractivity (Wildman–Crippen MR) is 39.7 cm³/mol. The number of piperidine rings is 1. The number of nitrogens with two attached hydrogens (primary N) is 1. The number of amides is 1. The highest BCUT2D eigenvalue weighted by Gasteiger charge is 2.26. The summed E-state index contributed by atoms with van der Waals surface area (Å²) in [6.45, 7) is 1.58. The van der Waals surface area contributed by atoms with E-state index in [0.29, 0.717) is 12.8 Å². The molecule has 1 fully saturated rings. The number of carbonyl (C=O) groups is 1. The van der Waals surface area contributed by atoms with Gasteiger partial charge in [0.05, 0.1) is 0 Å². The van der Waals surface area contributed by atoms with Crippen molar-refractivity contribution in [2.75, 3.05) is 13.1 Å². The summed E-state index contributed by atoms with van der Waals surface area (Å²) >= 11 is 0. The van der Waals surface area contributed by atoms with E-state index < -0.39 is 12.1 Å². The van der Waals surface area contributed by atoms with Gasteiger partial charge in [-0.3, -0.25) is 4.79 Å². The fourth-order valence-corrected chi connectivity index (χ4v) is 1.37. The van der Waals surface area contributed by atoms with Gasteiger partial charge in [0.2, 0.25) is 0 Å². The fourth-order valence-electron chi connectivity index (χ4n) is 1.37. The van der Waals surface area contributed by atoms with Crippen LogP contribution in [0.1, 0.15) is 12.8 Å². The number of primary amides is 1. The van der Waals surface area contributed by atoms with Crippen molar-refractivity contribution >= 4 is 5.91 Å². The molecule has 1 aliphatic rings. The fraction of sp³-hybridized carbons (Fsp3) is 0.857. The Morgan fingerprint density at radius 1 is 1.55 bits per heavy atom. The largest absolute Gasteiger partial charge is 0.367 e. The molecule has 64 valence electrons. The molecule has 4 heteroatoms. The lowest BCUT2D eigenvalue weighted by atomic mass is 9.93. The summed E-state index contributed by atoms with van der Waals surface area (Å²) in [5, 5.41) is 3.09. The van der Waals surface area contributed by atoms with E-state index in [0.717, 1.165) is 13.1 Å². The second-order valence-corrected chi connectivity index (χ2v) is 2.89. The summed E-state index contributed by atoms with van der Waals surface area (Å²) in [4.78, 5) is 10.4. The molecule has 1 saturated heterocycles. The van der Waals surface area contributed by atoms with Crippen LogP contribution in [0.4, 0.5) is 4.39 Å². The lowest BCUT2D eigenvalue weighted by Crippen LogP contribution is -2.38. The van der Waals surface area contributed by atoms with Gasteiger partial charge >= 0.3 is 0 Å². The van der Waals surface area contributed by atoms with Gasteiger partial charge in [0, 0.05) is 5.92 Å². The first-order valence-corrected chi connectivity index (χ1v) is 3.86. The maximum absolute atomic E-state index is 12.9. The number of halogens is 1. The number of rotatable bonds is 2. The molecule has 1 unspecified atom stereocenters. The Morgan fingerprint density at radius 3 is 2.55 bits per heavy atom. The second kappa shape index (κ2) is 3.67. The molecule has 1 heterocycles. The summed E-state index contributed by atoms with van der Waals surface area (Å²) in [5.41, 5.74) is 4.83. The van der Waals surface area contributed by atoms with Crippen LogP contribution in [0.15, 0.2) is 0 Å². The molecule has 1 aliphatic heterocycles. The molecule has 1 rings (SSSR count). The Balaban J connectivity index is 2.38. The van der Waals surface area contributed by atoms with Gasteiger partial charge < -0.3 is 11.1 Å². The van der Waals surface area contributed by atoms with E-state index in [2.05, 4.69) is 5.32 Å². The normalized spacial score (nSPS) is 23.0. The first-order valence-electron chi connectivity index (χ1n) is 3.86. The molecule has 0 spiro atoms. The third-order valence-corrected chi connectivity index (χ3v) is 2.07. The third-order valence-electron chi connectivity index (χ3n) is 2.07. The summed E-state index contributed by atoms with van der Waals surface area (Å²) in [6.07, 6.45) is -0.0223. The van der Waals surface area contributed by atoms with Crippen LogP contribution >= 0.6 is 0 Å². The molecular weight excluding hydrogens is 147 g/mol. The van der Waals surface area contributed by atoms with Crippen molar-refractivity contribution < 1.29 is 9.18 Å².